The number of pyridine rings is 2. The SMILES string of the molecule is C[Si](C)CCOCn1nccc1-c1ccc(Oc2ccc3nc(CCO)ccc3c2)nc1. The Morgan fingerprint density at radius 2 is 1.97 bits per heavy atom. The summed E-state index contributed by atoms with van der Waals surface area (Å²) in [6, 6.07) is 16.5. The van der Waals surface area contributed by atoms with Crippen LogP contribution < -0.4 is 4.74 Å². The number of hydrogen-bond donors (Lipinski definition) is 1. The van der Waals surface area contributed by atoms with Gasteiger partial charge in [-0.15, -0.1) is 0 Å². The summed E-state index contributed by atoms with van der Waals surface area (Å²) in [5.41, 5.74) is 3.65. The maximum absolute atomic E-state index is 9.08. The van der Waals surface area contributed by atoms with Crippen molar-refractivity contribution in [3.8, 4) is 22.9 Å². The number of benzene rings is 1. The van der Waals surface area contributed by atoms with Gasteiger partial charge in [-0.2, -0.15) is 5.10 Å². The van der Waals surface area contributed by atoms with E-state index in [0.29, 0.717) is 24.8 Å². The van der Waals surface area contributed by atoms with E-state index in [2.05, 4.69) is 28.2 Å². The van der Waals surface area contributed by atoms with Gasteiger partial charge in [-0.1, -0.05) is 19.2 Å². The lowest BCUT2D eigenvalue weighted by molar-refractivity contribution is 0.0801. The van der Waals surface area contributed by atoms with E-state index < -0.39 is 0 Å². The van der Waals surface area contributed by atoms with Crippen LogP contribution in [0.1, 0.15) is 5.69 Å². The van der Waals surface area contributed by atoms with Crippen molar-refractivity contribution in [2.75, 3.05) is 13.2 Å². The third kappa shape index (κ3) is 5.59. The smallest absolute Gasteiger partial charge is 0.219 e. The highest BCUT2D eigenvalue weighted by atomic mass is 28.3. The van der Waals surface area contributed by atoms with Crippen molar-refractivity contribution in [3.05, 3.63) is 66.6 Å². The molecule has 0 spiro atoms. The molecule has 32 heavy (non-hydrogen) atoms. The van der Waals surface area contributed by atoms with Crippen molar-refractivity contribution in [3.63, 3.8) is 0 Å². The molecular weight excluding hydrogens is 420 g/mol. The molecule has 3 aromatic heterocycles. The number of fused-ring (bicyclic) bond motifs is 1. The van der Waals surface area contributed by atoms with E-state index in [1.807, 2.05) is 53.2 Å². The van der Waals surface area contributed by atoms with E-state index >= 15 is 0 Å². The molecule has 0 aliphatic heterocycles. The van der Waals surface area contributed by atoms with Crippen LogP contribution in [0.15, 0.2) is 60.9 Å². The van der Waals surface area contributed by atoms with Gasteiger partial charge in [-0.25, -0.2) is 9.67 Å². The Bertz CT molecular complexity index is 1160. The molecule has 3 heterocycles. The topological polar surface area (TPSA) is 82.3 Å². The standard InChI is InChI=1S/C24H27N4O3Si/c1-32(2)14-13-30-17-28-23(9-11-26-28)19-4-8-24(25-16-19)31-21-6-7-22-18(15-21)3-5-20(27-22)10-12-29/h3-9,11,15-16,29H,10,12-14,17H2,1-2H3. The zero-order chi connectivity index (χ0) is 22.3. The van der Waals surface area contributed by atoms with Crippen LogP contribution in [-0.2, 0) is 17.9 Å². The molecule has 0 amide bonds. The number of aliphatic hydroxyl groups excluding tert-OH is 1. The fourth-order valence-corrected chi connectivity index (χ4v) is 3.84. The molecule has 0 aliphatic carbocycles. The van der Waals surface area contributed by atoms with E-state index in [-0.39, 0.29) is 15.4 Å². The summed E-state index contributed by atoms with van der Waals surface area (Å²) in [7, 11) is -0.275. The first-order valence-corrected chi connectivity index (χ1v) is 13.4. The minimum absolute atomic E-state index is 0.0916. The summed E-state index contributed by atoms with van der Waals surface area (Å²) in [5.74, 6) is 1.21. The number of rotatable bonds is 10. The van der Waals surface area contributed by atoms with E-state index in [1.165, 1.54) is 0 Å². The molecule has 7 nitrogen and oxygen atoms in total. The van der Waals surface area contributed by atoms with E-state index in [0.717, 1.165) is 40.5 Å². The molecule has 0 unspecified atom stereocenters. The lowest BCUT2D eigenvalue weighted by Gasteiger charge is -2.10. The average molecular weight is 448 g/mol. The van der Waals surface area contributed by atoms with Gasteiger partial charge < -0.3 is 14.6 Å². The van der Waals surface area contributed by atoms with Crippen molar-refractivity contribution in [2.24, 2.45) is 0 Å². The summed E-state index contributed by atoms with van der Waals surface area (Å²) >= 11 is 0. The molecule has 1 radical (unpaired) electrons. The molecule has 0 aliphatic rings. The van der Waals surface area contributed by atoms with Crippen LogP contribution in [0.3, 0.4) is 0 Å². The summed E-state index contributed by atoms with van der Waals surface area (Å²) in [5, 5.41) is 14.4. The first kappa shape index (κ1) is 22.1. The minimum Gasteiger partial charge on any atom is -0.439 e. The highest BCUT2D eigenvalue weighted by Crippen LogP contribution is 2.26. The molecule has 4 aromatic rings. The van der Waals surface area contributed by atoms with Gasteiger partial charge in [-0.05, 0) is 42.4 Å². The Morgan fingerprint density at radius 3 is 2.75 bits per heavy atom. The Kier molecular flexibility index (Phi) is 7.26. The predicted octanol–water partition coefficient (Wildman–Crippen LogP) is 4.55. The number of ether oxygens (including phenoxy) is 2. The second-order valence-electron chi connectivity index (χ2n) is 7.83. The average Bonchev–Trinajstić information content (AvgIpc) is 3.26. The summed E-state index contributed by atoms with van der Waals surface area (Å²) in [6.45, 7) is 5.85. The van der Waals surface area contributed by atoms with Crippen molar-refractivity contribution in [1.29, 1.82) is 0 Å². The third-order valence-corrected chi connectivity index (χ3v) is 6.22. The van der Waals surface area contributed by atoms with Gasteiger partial charge in [-0.3, -0.25) is 4.98 Å². The van der Waals surface area contributed by atoms with Gasteiger partial charge in [0.1, 0.15) is 12.5 Å². The predicted molar refractivity (Wildman–Crippen MR) is 126 cm³/mol. The minimum atomic E-state index is -0.275. The quantitative estimate of drug-likeness (QED) is 0.284. The third-order valence-electron chi connectivity index (χ3n) is 5.02. The fourth-order valence-electron chi connectivity index (χ4n) is 3.28. The molecular formula is C24H27N4O3Si. The molecule has 1 N–H and O–H groups in total. The molecule has 0 saturated heterocycles. The van der Waals surface area contributed by atoms with Gasteiger partial charge in [0.15, 0.2) is 0 Å². The largest absolute Gasteiger partial charge is 0.439 e. The van der Waals surface area contributed by atoms with Crippen molar-refractivity contribution in [2.45, 2.75) is 32.3 Å². The first-order chi connectivity index (χ1) is 15.6. The lowest BCUT2D eigenvalue weighted by Crippen LogP contribution is -2.10. The summed E-state index contributed by atoms with van der Waals surface area (Å²) < 4.78 is 13.6. The Balaban J connectivity index is 1.42. The highest BCUT2D eigenvalue weighted by Gasteiger charge is 2.08. The maximum atomic E-state index is 9.08. The van der Waals surface area contributed by atoms with Crippen LogP contribution in [0.5, 0.6) is 11.6 Å². The van der Waals surface area contributed by atoms with Crippen LogP contribution >= 0.6 is 0 Å². The van der Waals surface area contributed by atoms with Gasteiger partial charge in [0, 0.05) is 63.5 Å². The zero-order valence-electron chi connectivity index (χ0n) is 18.4. The second-order valence-corrected chi connectivity index (χ2v) is 10.7. The fraction of sp³-hybridized carbons (Fsp3) is 0.292. The lowest BCUT2D eigenvalue weighted by atomic mass is 10.1. The van der Waals surface area contributed by atoms with E-state index in [9.17, 15) is 0 Å². The molecule has 1 aromatic carbocycles. The van der Waals surface area contributed by atoms with E-state index in [1.54, 1.807) is 12.4 Å². The molecule has 0 fully saturated rings. The van der Waals surface area contributed by atoms with Gasteiger partial charge in [0.2, 0.25) is 5.88 Å². The van der Waals surface area contributed by atoms with Crippen molar-refractivity contribution >= 4 is 19.7 Å². The Morgan fingerprint density at radius 1 is 1.06 bits per heavy atom. The monoisotopic (exact) mass is 447 g/mol. The van der Waals surface area contributed by atoms with Crippen molar-refractivity contribution < 1.29 is 14.6 Å². The van der Waals surface area contributed by atoms with Crippen LogP contribution in [0, 0.1) is 0 Å². The maximum Gasteiger partial charge on any atom is 0.219 e. The molecule has 4 rings (SSSR count). The van der Waals surface area contributed by atoms with Crippen LogP contribution in [0.4, 0.5) is 0 Å². The molecule has 8 heteroatoms. The van der Waals surface area contributed by atoms with Gasteiger partial charge in [0.05, 0.1) is 11.2 Å². The summed E-state index contributed by atoms with van der Waals surface area (Å²) in [6.07, 6.45) is 4.10. The number of nitrogens with zero attached hydrogens (tertiary/aromatic N) is 4. The normalized spacial score (nSPS) is 11.4. The Hall–Kier alpha value is -3.07. The van der Waals surface area contributed by atoms with Crippen LogP contribution in [0.25, 0.3) is 22.2 Å². The molecule has 165 valence electrons. The molecule has 0 atom stereocenters. The van der Waals surface area contributed by atoms with E-state index in [4.69, 9.17) is 14.6 Å². The molecule has 0 saturated carbocycles. The summed E-state index contributed by atoms with van der Waals surface area (Å²) in [4.78, 5) is 9.01. The molecule has 0 bridgehead atoms. The second kappa shape index (κ2) is 10.5. The number of aromatic nitrogens is 4. The highest BCUT2D eigenvalue weighted by molar-refractivity contribution is 6.55. The Labute approximate surface area is 189 Å². The van der Waals surface area contributed by atoms with Gasteiger partial charge in [0.25, 0.3) is 0 Å². The number of aliphatic hydroxyl groups is 1. The van der Waals surface area contributed by atoms with Crippen LogP contribution in [0.2, 0.25) is 19.1 Å². The zero-order valence-corrected chi connectivity index (χ0v) is 19.4. The van der Waals surface area contributed by atoms with Crippen molar-refractivity contribution in [1.82, 2.24) is 19.7 Å². The number of hydrogen-bond acceptors (Lipinski definition) is 6. The van der Waals surface area contributed by atoms with Gasteiger partial charge >= 0.3 is 0 Å². The van der Waals surface area contributed by atoms with Crippen LogP contribution in [-0.4, -0.2) is 46.9 Å². The first-order valence-electron chi connectivity index (χ1n) is 10.7.